The van der Waals surface area contributed by atoms with Crippen LogP contribution in [0.4, 0.5) is 0 Å². The molecule has 2 N–H and O–H groups in total. The van der Waals surface area contributed by atoms with Crippen LogP contribution in [0.2, 0.25) is 0 Å². The Balaban J connectivity index is 1.27. The van der Waals surface area contributed by atoms with Gasteiger partial charge in [-0.3, -0.25) is 0 Å². The molecule has 0 bridgehead atoms. The lowest BCUT2D eigenvalue weighted by Gasteiger charge is -2.61. The monoisotopic (exact) mass is 402 g/mol. The van der Waals surface area contributed by atoms with Gasteiger partial charge < -0.3 is 10.2 Å². The molecule has 5 aliphatic carbocycles. The summed E-state index contributed by atoms with van der Waals surface area (Å²) in [5.74, 6) is 5.04. The van der Waals surface area contributed by atoms with Crippen molar-refractivity contribution in [3.05, 3.63) is 0 Å². The highest BCUT2D eigenvalue weighted by Gasteiger charge is 2.60. The topological polar surface area (TPSA) is 40.5 Å². The molecule has 5 rings (SSSR count). The quantitative estimate of drug-likeness (QED) is 0.576. The van der Waals surface area contributed by atoms with Gasteiger partial charge in [-0.15, -0.1) is 0 Å². The minimum atomic E-state index is -0.0514. The van der Waals surface area contributed by atoms with Crippen LogP contribution in [-0.2, 0) is 0 Å². The predicted molar refractivity (Wildman–Crippen MR) is 118 cm³/mol. The Bertz CT molecular complexity index is 583. The number of fused-ring (bicyclic) bond motifs is 5. The molecule has 166 valence electrons. The Labute approximate surface area is 179 Å². The van der Waals surface area contributed by atoms with Crippen LogP contribution in [0.1, 0.15) is 110 Å². The van der Waals surface area contributed by atoms with Gasteiger partial charge in [0.15, 0.2) is 0 Å². The maximum atomic E-state index is 10.9. The van der Waals surface area contributed by atoms with Crippen molar-refractivity contribution < 1.29 is 10.2 Å². The summed E-state index contributed by atoms with van der Waals surface area (Å²) in [5.41, 5.74) is 0.971. The first-order valence-corrected chi connectivity index (χ1v) is 13.3. The lowest BCUT2D eigenvalue weighted by Crippen LogP contribution is -2.54. The van der Waals surface area contributed by atoms with E-state index in [-0.39, 0.29) is 12.2 Å². The fraction of sp³-hybridized carbons (Fsp3) is 1.00. The van der Waals surface area contributed by atoms with Crippen LogP contribution in [0.3, 0.4) is 0 Å². The average molecular weight is 403 g/mol. The largest absolute Gasteiger partial charge is 0.393 e. The smallest absolute Gasteiger partial charge is 0.0545 e. The molecule has 5 aliphatic rings. The standard InChI is InChI=1S/C27H46O2/c1-26-13-11-21(28)16-19(26)7-9-23-24-10-8-20(27(24,2)14-12-25(23)26)17-22(29)15-18-5-3-4-6-18/h18-25,28-29H,3-17H2,1-2H3. The van der Waals surface area contributed by atoms with Gasteiger partial charge in [0.05, 0.1) is 12.2 Å². The molecule has 0 saturated heterocycles. The van der Waals surface area contributed by atoms with Crippen molar-refractivity contribution in [2.45, 2.75) is 122 Å². The third kappa shape index (κ3) is 3.53. The SMILES string of the molecule is CC12CCC(O)CC1CCC1C2CCC2(C)C(CC(O)CC3CCCC3)CCC12. The van der Waals surface area contributed by atoms with Gasteiger partial charge in [-0.05, 0) is 117 Å². The van der Waals surface area contributed by atoms with Gasteiger partial charge in [-0.1, -0.05) is 39.5 Å². The van der Waals surface area contributed by atoms with E-state index in [0.717, 1.165) is 61.2 Å². The van der Waals surface area contributed by atoms with Crippen molar-refractivity contribution in [2.75, 3.05) is 0 Å². The van der Waals surface area contributed by atoms with Crippen molar-refractivity contribution in [3.8, 4) is 0 Å². The Morgan fingerprint density at radius 1 is 0.793 bits per heavy atom. The van der Waals surface area contributed by atoms with E-state index in [1.807, 2.05) is 0 Å². The lowest BCUT2D eigenvalue weighted by molar-refractivity contribution is -0.128. The number of aliphatic hydroxyl groups is 2. The summed E-state index contributed by atoms with van der Waals surface area (Å²) >= 11 is 0. The maximum absolute atomic E-state index is 10.9. The van der Waals surface area contributed by atoms with E-state index in [0.29, 0.717) is 10.8 Å². The Hall–Kier alpha value is -0.0800. The summed E-state index contributed by atoms with van der Waals surface area (Å²) in [7, 11) is 0. The van der Waals surface area contributed by atoms with E-state index in [9.17, 15) is 10.2 Å². The molecule has 0 amide bonds. The molecule has 0 heterocycles. The number of aliphatic hydroxyl groups excluding tert-OH is 2. The highest BCUT2D eigenvalue weighted by Crippen LogP contribution is 2.67. The molecule has 5 saturated carbocycles. The maximum Gasteiger partial charge on any atom is 0.0545 e. The van der Waals surface area contributed by atoms with Gasteiger partial charge >= 0.3 is 0 Å². The summed E-state index contributed by atoms with van der Waals surface area (Å²) in [5, 5.41) is 21.2. The Morgan fingerprint density at radius 2 is 1.52 bits per heavy atom. The summed E-state index contributed by atoms with van der Waals surface area (Å²) in [6, 6.07) is 0. The third-order valence-corrected chi connectivity index (χ3v) is 11.5. The summed E-state index contributed by atoms with van der Waals surface area (Å²) in [6.45, 7) is 5.22. The molecule has 0 aromatic carbocycles. The first-order chi connectivity index (χ1) is 13.9. The number of rotatable bonds is 4. The van der Waals surface area contributed by atoms with Crippen LogP contribution < -0.4 is 0 Å². The third-order valence-electron chi connectivity index (χ3n) is 11.5. The lowest BCUT2D eigenvalue weighted by atomic mass is 9.44. The second-order valence-corrected chi connectivity index (χ2v) is 12.7. The molecule has 0 spiro atoms. The molecule has 0 aromatic heterocycles. The van der Waals surface area contributed by atoms with E-state index in [2.05, 4.69) is 13.8 Å². The Morgan fingerprint density at radius 3 is 2.31 bits per heavy atom. The van der Waals surface area contributed by atoms with Crippen molar-refractivity contribution in [1.82, 2.24) is 0 Å². The van der Waals surface area contributed by atoms with Gasteiger partial charge in [0.25, 0.3) is 0 Å². The van der Waals surface area contributed by atoms with Crippen molar-refractivity contribution >= 4 is 0 Å². The number of hydrogen-bond acceptors (Lipinski definition) is 2. The second kappa shape index (κ2) is 7.80. The first-order valence-electron chi connectivity index (χ1n) is 13.3. The first kappa shape index (κ1) is 20.8. The second-order valence-electron chi connectivity index (χ2n) is 12.7. The van der Waals surface area contributed by atoms with Crippen molar-refractivity contribution in [3.63, 3.8) is 0 Å². The van der Waals surface area contributed by atoms with Gasteiger partial charge in [-0.2, -0.15) is 0 Å². The number of hydrogen-bond donors (Lipinski definition) is 2. The molecule has 9 atom stereocenters. The van der Waals surface area contributed by atoms with E-state index in [4.69, 9.17) is 0 Å². The zero-order valence-electron chi connectivity index (χ0n) is 19.1. The molecule has 0 radical (unpaired) electrons. The van der Waals surface area contributed by atoms with Crippen LogP contribution in [0, 0.1) is 46.3 Å². The summed E-state index contributed by atoms with van der Waals surface area (Å²) in [6.07, 6.45) is 19.3. The van der Waals surface area contributed by atoms with Crippen LogP contribution in [0.5, 0.6) is 0 Å². The van der Waals surface area contributed by atoms with Crippen molar-refractivity contribution in [1.29, 1.82) is 0 Å². The van der Waals surface area contributed by atoms with Crippen LogP contribution >= 0.6 is 0 Å². The highest BCUT2D eigenvalue weighted by molar-refractivity contribution is 5.09. The molecular formula is C27H46O2. The zero-order chi connectivity index (χ0) is 20.2. The minimum absolute atomic E-state index is 0.0318. The summed E-state index contributed by atoms with van der Waals surface area (Å²) < 4.78 is 0. The molecule has 9 unspecified atom stereocenters. The van der Waals surface area contributed by atoms with Gasteiger partial charge in [0, 0.05) is 0 Å². The van der Waals surface area contributed by atoms with E-state index >= 15 is 0 Å². The van der Waals surface area contributed by atoms with E-state index < -0.39 is 0 Å². The van der Waals surface area contributed by atoms with Gasteiger partial charge in [-0.25, -0.2) is 0 Å². The normalized spacial score (nSPS) is 51.3. The fourth-order valence-electron chi connectivity index (χ4n) is 9.79. The summed E-state index contributed by atoms with van der Waals surface area (Å²) in [4.78, 5) is 0. The molecular weight excluding hydrogens is 356 g/mol. The molecule has 0 aromatic rings. The molecule has 2 nitrogen and oxygen atoms in total. The Kier molecular flexibility index (Phi) is 5.60. The van der Waals surface area contributed by atoms with Crippen LogP contribution in [0.15, 0.2) is 0 Å². The predicted octanol–water partition coefficient (Wildman–Crippen LogP) is 6.34. The molecule has 2 heteroatoms. The fourth-order valence-corrected chi connectivity index (χ4v) is 9.79. The van der Waals surface area contributed by atoms with Gasteiger partial charge in [0.2, 0.25) is 0 Å². The molecule has 0 aliphatic heterocycles. The molecule has 5 fully saturated rings. The van der Waals surface area contributed by atoms with Crippen molar-refractivity contribution in [2.24, 2.45) is 46.3 Å². The minimum Gasteiger partial charge on any atom is -0.393 e. The van der Waals surface area contributed by atoms with Crippen LogP contribution in [-0.4, -0.2) is 22.4 Å². The average Bonchev–Trinajstić information content (AvgIpc) is 3.30. The van der Waals surface area contributed by atoms with Crippen LogP contribution in [0.25, 0.3) is 0 Å². The van der Waals surface area contributed by atoms with Gasteiger partial charge in [0.1, 0.15) is 0 Å². The zero-order valence-corrected chi connectivity index (χ0v) is 19.1. The van der Waals surface area contributed by atoms with E-state index in [1.165, 1.54) is 70.6 Å². The highest BCUT2D eigenvalue weighted by atomic mass is 16.3. The molecule has 29 heavy (non-hydrogen) atoms. The van der Waals surface area contributed by atoms with E-state index in [1.54, 1.807) is 0 Å².